The smallest absolute Gasteiger partial charge is 0.285 e. The van der Waals surface area contributed by atoms with Gasteiger partial charge in [-0.05, 0) is 31.9 Å². The summed E-state index contributed by atoms with van der Waals surface area (Å²) in [4.78, 5) is 15.9. The molecule has 3 N–H and O–H groups in total. The van der Waals surface area contributed by atoms with Gasteiger partial charge in [0.2, 0.25) is 11.6 Å². The third-order valence-electron chi connectivity index (χ3n) is 6.77. The van der Waals surface area contributed by atoms with Crippen LogP contribution in [0.4, 0.5) is 26.1 Å². The van der Waals surface area contributed by atoms with Crippen LogP contribution in [0.1, 0.15) is 31.5 Å². The monoisotopic (exact) mass is 457 g/mol. The maximum atomic E-state index is 14.8. The van der Waals surface area contributed by atoms with Crippen molar-refractivity contribution < 1.29 is 18.6 Å². The number of alkyl halides is 2. The first-order valence-corrected chi connectivity index (χ1v) is 11.2. The zero-order valence-corrected chi connectivity index (χ0v) is 18.1. The van der Waals surface area contributed by atoms with E-state index in [1.165, 1.54) is 6.33 Å². The Labute approximate surface area is 188 Å². The van der Waals surface area contributed by atoms with Crippen molar-refractivity contribution in [2.75, 3.05) is 35.2 Å². The van der Waals surface area contributed by atoms with Crippen molar-refractivity contribution in [2.45, 2.75) is 50.1 Å². The Bertz CT molecular complexity index is 1170. The second-order valence-electron chi connectivity index (χ2n) is 8.99. The molecule has 3 atom stereocenters. The normalized spacial score (nSPS) is 24.1. The molecule has 2 aromatic heterocycles. The number of halogens is 2. The lowest BCUT2D eigenvalue weighted by Crippen LogP contribution is -2.48. The molecule has 0 aliphatic carbocycles. The van der Waals surface area contributed by atoms with Gasteiger partial charge in [-0.2, -0.15) is 4.98 Å². The standard InChI is InChI=1S/C22H25F2N7O2/c1-12(10-32)31-11-25-17-18(22(20(23)24)28-15-4-2-3-5-16(15)29-22)26-21(27-19(17)31)30-8-13-6-7-14(9-30)33-13/h2-5,11-14,20,28-29,32H,6-10H2,1H3. The number of fused-ring (bicyclic) bond motifs is 4. The Kier molecular flexibility index (Phi) is 4.66. The quantitative estimate of drug-likeness (QED) is 0.538. The summed E-state index contributed by atoms with van der Waals surface area (Å²) in [6, 6.07) is 6.75. The molecule has 0 amide bonds. The van der Waals surface area contributed by atoms with Gasteiger partial charge in [-0.1, -0.05) is 12.1 Å². The zero-order valence-electron chi connectivity index (χ0n) is 18.1. The highest BCUT2D eigenvalue weighted by Crippen LogP contribution is 2.44. The summed E-state index contributed by atoms with van der Waals surface area (Å²) in [7, 11) is 0. The van der Waals surface area contributed by atoms with Crippen molar-refractivity contribution >= 4 is 28.5 Å². The van der Waals surface area contributed by atoms with Gasteiger partial charge in [-0.25, -0.2) is 18.7 Å². The number of anilines is 3. The van der Waals surface area contributed by atoms with Gasteiger partial charge in [-0.15, -0.1) is 0 Å². The van der Waals surface area contributed by atoms with Gasteiger partial charge in [0.1, 0.15) is 11.2 Å². The number of para-hydroxylation sites is 2. The minimum atomic E-state index is -2.84. The van der Waals surface area contributed by atoms with Crippen molar-refractivity contribution in [3.05, 3.63) is 36.3 Å². The van der Waals surface area contributed by atoms with Crippen LogP contribution in [0.15, 0.2) is 30.6 Å². The number of aliphatic hydroxyl groups excluding tert-OH is 1. The number of rotatable bonds is 5. The predicted octanol–water partition coefficient (Wildman–Crippen LogP) is 2.70. The molecule has 6 rings (SSSR count). The molecule has 3 aromatic rings. The number of imidazole rings is 1. The van der Waals surface area contributed by atoms with E-state index in [0.29, 0.717) is 36.1 Å². The van der Waals surface area contributed by atoms with E-state index >= 15 is 0 Å². The lowest BCUT2D eigenvalue weighted by Gasteiger charge is -2.34. The van der Waals surface area contributed by atoms with Gasteiger partial charge in [-0.3, -0.25) is 0 Å². The molecule has 11 heteroatoms. The number of benzene rings is 1. The number of aromatic nitrogens is 4. The largest absolute Gasteiger partial charge is 0.394 e. The van der Waals surface area contributed by atoms with E-state index in [0.717, 1.165) is 12.8 Å². The summed E-state index contributed by atoms with van der Waals surface area (Å²) >= 11 is 0. The van der Waals surface area contributed by atoms with Crippen LogP contribution < -0.4 is 15.5 Å². The van der Waals surface area contributed by atoms with Crippen molar-refractivity contribution in [2.24, 2.45) is 0 Å². The van der Waals surface area contributed by atoms with Crippen LogP contribution in [-0.4, -0.2) is 63.0 Å². The molecule has 0 radical (unpaired) electrons. The molecule has 3 aliphatic rings. The average Bonchev–Trinajstić information content (AvgIpc) is 3.52. The molecule has 3 unspecified atom stereocenters. The SMILES string of the molecule is CC(CO)n1cnc2c(C3(C(F)F)Nc4ccccc4N3)nc(N3CC4CCC(C3)O4)nc21. The first kappa shape index (κ1) is 20.5. The highest BCUT2D eigenvalue weighted by atomic mass is 19.3. The van der Waals surface area contributed by atoms with Crippen molar-refractivity contribution in [1.82, 2.24) is 19.5 Å². The molecule has 2 bridgehead atoms. The van der Waals surface area contributed by atoms with Crippen LogP contribution in [0.2, 0.25) is 0 Å². The molecule has 3 aliphatic heterocycles. The highest BCUT2D eigenvalue weighted by Gasteiger charge is 2.50. The molecular formula is C22H25F2N7O2. The lowest BCUT2D eigenvalue weighted by molar-refractivity contribution is 0.0298. The third kappa shape index (κ3) is 3.13. The molecular weight excluding hydrogens is 432 g/mol. The molecule has 0 saturated carbocycles. The number of morpholine rings is 1. The van der Waals surface area contributed by atoms with Crippen LogP contribution in [0.3, 0.4) is 0 Å². The first-order valence-electron chi connectivity index (χ1n) is 11.2. The molecule has 2 fully saturated rings. The van der Waals surface area contributed by atoms with E-state index in [1.807, 2.05) is 11.8 Å². The van der Waals surface area contributed by atoms with E-state index in [4.69, 9.17) is 14.7 Å². The summed E-state index contributed by atoms with van der Waals surface area (Å²) in [5.41, 5.74) is -0.0702. The second kappa shape index (κ2) is 7.49. The van der Waals surface area contributed by atoms with Crippen LogP contribution in [0.5, 0.6) is 0 Å². The van der Waals surface area contributed by atoms with Crippen molar-refractivity contribution in [3.63, 3.8) is 0 Å². The van der Waals surface area contributed by atoms with Crippen LogP contribution in [0, 0.1) is 0 Å². The minimum Gasteiger partial charge on any atom is -0.394 e. The van der Waals surface area contributed by atoms with Crippen LogP contribution in [0.25, 0.3) is 11.2 Å². The fraction of sp³-hybridized carbons (Fsp3) is 0.500. The number of nitrogens with zero attached hydrogens (tertiary/aromatic N) is 5. The van der Waals surface area contributed by atoms with Gasteiger partial charge in [0.25, 0.3) is 6.43 Å². The predicted molar refractivity (Wildman–Crippen MR) is 119 cm³/mol. The van der Waals surface area contributed by atoms with E-state index < -0.39 is 12.1 Å². The van der Waals surface area contributed by atoms with Crippen LogP contribution in [-0.2, 0) is 10.4 Å². The average molecular weight is 457 g/mol. The second-order valence-corrected chi connectivity index (χ2v) is 8.99. The van der Waals surface area contributed by atoms with Crippen molar-refractivity contribution in [3.8, 4) is 0 Å². The van der Waals surface area contributed by atoms with Crippen LogP contribution >= 0.6 is 0 Å². The molecule has 5 heterocycles. The summed E-state index contributed by atoms with van der Waals surface area (Å²) in [5, 5.41) is 15.7. The van der Waals surface area contributed by atoms with E-state index in [2.05, 4.69) is 15.6 Å². The van der Waals surface area contributed by atoms with Gasteiger partial charge in [0.05, 0.1) is 42.6 Å². The Balaban J connectivity index is 1.54. The Hall–Kier alpha value is -3.05. The number of nitrogens with one attached hydrogen (secondary N) is 2. The maximum Gasteiger partial charge on any atom is 0.285 e. The minimum absolute atomic E-state index is 0.0800. The maximum absolute atomic E-state index is 14.8. The number of hydrogen-bond acceptors (Lipinski definition) is 8. The summed E-state index contributed by atoms with van der Waals surface area (Å²) in [6.45, 7) is 2.90. The lowest BCUT2D eigenvalue weighted by atomic mass is 10.1. The van der Waals surface area contributed by atoms with E-state index in [-0.39, 0.29) is 36.1 Å². The van der Waals surface area contributed by atoms with Gasteiger partial charge < -0.3 is 29.9 Å². The van der Waals surface area contributed by atoms with E-state index in [9.17, 15) is 13.9 Å². The highest BCUT2D eigenvalue weighted by molar-refractivity contribution is 5.83. The van der Waals surface area contributed by atoms with Gasteiger partial charge in [0.15, 0.2) is 5.65 Å². The first-order chi connectivity index (χ1) is 16.0. The fourth-order valence-corrected chi connectivity index (χ4v) is 5.00. The summed E-state index contributed by atoms with van der Waals surface area (Å²) in [5.74, 6) is 0.365. The number of ether oxygens (including phenoxy) is 1. The van der Waals surface area contributed by atoms with Gasteiger partial charge in [0, 0.05) is 13.1 Å². The van der Waals surface area contributed by atoms with E-state index in [1.54, 1.807) is 28.8 Å². The molecule has 0 spiro atoms. The topological polar surface area (TPSA) is 100 Å². The number of aliphatic hydroxyl groups is 1. The summed E-state index contributed by atoms with van der Waals surface area (Å²) < 4.78 is 37.3. The molecule has 33 heavy (non-hydrogen) atoms. The molecule has 9 nitrogen and oxygen atoms in total. The zero-order chi connectivity index (χ0) is 22.7. The summed E-state index contributed by atoms with van der Waals surface area (Å²) in [6.07, 6.45) is 0.798. The third-order valence-corrected chi connectivity index (χ3v) is 6.77. The molecule has 174 valence electrons. The fourth-order valence-electron chi connectivity index (χ4n) is 5.00. The Morgan fingerprint density at radius 3 is 2.42 bits per heavy atom. The Morgan fingerprint density at radius 1 is 1.15 bits per heavy atom. The van der Waals surface area contributed by atoms with Gasteiger partial charge >= 0.3 is 0 Å². The van der Waals surface area contributed by atoms with Crippen molar-refractivity contribution in [1.29, 1.82) is 0 Å². The Morgan fingerprint density at radius 2 is 1.82 bits per heavy atom. The number of hydrogen-bond donors (Lipinski definition) is 3. The molecule has 1 aromatic carbocycles. The molecule has 2 saturated heterocycles.